The fraction of sp³-hybridized carbons (Fsp3) is 0. The Bertz CT molecular complexity index is 2890. The Hall–Kier alpha value is -7.56. The maximum atomic E-state index is 6.46. The summed E-state index contributed by atoms with van der Waals surface area (Å²) < 4.78 is 12.9. The van der Waals surface area contributed by atoms with E-state index in [1.165, 1.54) is 22.3 Å². The van der Waals surface area contributed by atoms with E-state index in [-0.39, 0.29) is 0 Å². The van der Waals surface area contributed by atoms with Crippen molar-refractivity contribution in [1.29, 1.82) is 0 Å². The van der Waals surface area contributed by atoms with Gasteiger partial charge in [0.2, 0.25) is 0 Å². The summed E-state index contributed by atoms with van der Waals surface area (Å²) in [5.74, 6) is 0.661. The van der Waals surface area contributed by atoms with Crippen molar-refractivity contribution in [2.24, 2.45) is 0 Å². The summed E-state index contributed by atoms with van der Waals surface area (Å²) in [6.45, 7) is 0. The highest BCUT2D eigenvalue weighted by molar-refractivity contribution is 6.16. The Balaban J connectivity index is 1.05. The van der Waals surface area contributed by atoms with Crippen LogP contribution in [0.15, 0.2) is 203 Å². The fourth-order valence-corrected chi connectivity index (χ4v) is 7.84. The van der Waals surface area contributed by atoms with Gasteiger partial charge in [-0.25, -0.2) is 9.97 Å². The first-order chi connectivity index (χ1) is 27.7. The molecule has 11 aromatic rings. The second-order valence-corrected chi connectivity index (χ2v) is 14.2. The minimum Gasteiger partial charge on any atom is -0.456 e. The Morgan fingerprint density at radius 2 is 0.643 bits per heavy atom. The molecule has 0 aliphatic rings. The van der Waals surface area contributed by atoms with Gasteiger partial charge in [0.15, 0.2) is 5.82 Å². The molecule has 3 aromatic heterocycles. The molecule has 0 unspecified atom stereocenters. The molecule has 0 amide bonds. The third-order valence-electron chi connectivity index (χ3n) is 10.7. The molecule has 0 aliphatic carbocycles. The molecule has 0 spiro atoms. The van der Waals surface area contributed by atoms with E-state index in [2.05, 4.69) is 140 Å². The van der Waals surface area contributed by atoms with Gasteiger partial charge in [0.1, 0.15) is 22.3 Å². The molecule has 0 atom stereocenters. The largest absolute Gasteiger partial charge is 0.456 e. The van der Waals surface area contributed by atoms with Crippen molar-refractivity contribution in [2.75, 3.05) is 0 Å². The number of hydrogen-bond acceptors (Lipinski definition) is 4. The van der Waals surface area contributed by atoms with E-state index in [9.17, 15) is 0 Å². The van der Waals surface area contributed by atoms with Crippen LogP contribution in [0.5, 0.6) is 0 Å². The number of nitrogens with zero attached hydrogens (tertiary/aromatic N) is 2. The molecule has 0 saturated heterocycles. The van der Waals surface area contributed by atoms with Crippen LogP contribution in [0.4, 0.5) is 0 Å². The van der Waals surface area contributed by atoms with Crippen molar-refractivity contribution in [3.63, 3.8) is 0 Å². The van der Waals surface area contributed by atoms with Gasteiger partial charge < -0.3 is 8.83 Å². The van der Waals surface area contributed by atoms with Crippen LogP contribution in [-0.4, -0.2) is 9.97 Å². The van der Waals surface area contributed by atoms with Crippen LogP contribution < -0.4 is 0 Å². The minimum absolute atomic E-state index is 0.661. The predicted octanol–water partition coefficient (Wildman–Crippen LogP) is 14.3. The number of furan rings is 2. The molecule has 4 nitrogen and oxygen atoms in total. The molecule has 0 radical (unpaired) electrons. The summed E-state index contributed by atoms with van der Waals surface area (Å²) in [4.78, 5) is 10.2. The quantitative estimate of drug-likeness (QED) is 0.172. The first kappa shape index (κ1) is 31.9. The summed E-state index contributed by atoms with van der Waals surface area (Å²) in [5.41, 5.74) is 14.9. The summed E-state index contributed by atoms with van der Waals surface area (Å²) in [6, 6.07) is 67.5. The molecule has 262 valence electrons. The Morgan fingerprint density at radius 3 is 1.12 bits per heavy atom. The SMILES string of the molecule is c1ccc(-c2cc(-c3ccccc3)cc(-c3ccc4oc5cc6oc7ccc(-c8nc(-c9ccccc9)cc(-c9ccccc9)n8)cc7c6cc5c4c3)c2)cc1. The average Bonchev–Trinajstić information content (AvgIpc) is 3.82. The zero-order valence-corrected chi connectivity index (χ0v) is 30.2. The van der Waals surface area contributed by atoms with Crippen LogP contribution in [0, 0.1) is 0 Å². The highest BCUT2D eigenvalue weighted by Crippen LogP contribution is 2.40. The normalized spacial score (nSPS) is 11.6. The van der Waals surface area contributed by atoms with Crippen LogP contribution in [0.25, 0.3) is 111 Å². The van der Waals surface area contributed by atoms with Gasteiger partial charge in [-0.15, -0.1) is 0 Å². The molecule has 0 N–H and O–H groups in total. The molecule has 0 aliphatic heterocycles. The zero-order chi connectivity index (χ0) is 37.0. The lowest BCUT2D eigenvalue weighted by Crippen LogP contribution is -1.95. The van der Waals surface area contributed by atoms with E-state index in [1.807, 2.05) is 54.6 Å². The maximum absolute atomic E-state index is 6.46. The highest BCUT2D eigenvalue weighted by Gasteiger charge is 2.17. The summed E-state index contributed by atoms with van der Waals surface area (Å²) in [6.07, 6.45) is 0. The molecule has 0 fully saturated rings. The van der Waals surface area contributed by atoms with E-state index >= 15 is 0 Å². The first-order valence-electron chi connectivity index (χ1n) is 18.8. The standard InChI is InChI=1S/C52H32N2O2/c1-5-13-33(14-6-1)39-25-40(34-15-7-2-8-16-34)27-41(26-39)37-21-23-48-42(28-37)44-30-45-43-29-38(22-24-49(43)56-51(45)32-50(44)55-48)52-53-46(35-17-9-3-10-18-35)31-47(54-52)36-19-11-4-12-20-36/h1-32H. The monoisotopic (exact) mass is 716 g/mol. The third kappa shape index (κ3) is 5.64. The number of hydrogen-bond donors (Lipinski definition) is 0. The molecule has 56 heavy (non-hydrogen) atoms. The lowest BCUT2D eigenvalue weighted by molar-refractivity contribution is 0.656. The molecular weight excluding hydrogens is 685 g/mol. The van der Waals surface area contributed by atoms with Gasteiger partial charge in [0.25, 0.3) is 0 Å². The smallest absolute Gasteiger partial charge is 0.160 e. The molecule has 0 bridgehead atoms. The third-order valence-corrected chi connectivity index (χ3v) is 10.7. The van der Waals surface area contributed by atoms with Crippen molar-refractivity contribution in [3.8, 4) is 67.3 Å². The van der Waals surface area contributed by atoms with Crippen molar-refractivity contribution in [3.05, 3.63) is 194 Å². The summed E-state index contributed by atoms with van der Waals surface area (Å²) in [7, 11) is 0. The number of benzene rings is 8. The van der Waals surface area contributed by atoms with Crippen molar-refractivity contribution >= 4 is 43.9 Å². The molecule has 3 heterocycles. The van der Waals surface area contributed by atoms with Crippen LogP contribution in [0.1, 0.15) is 0 Å². The average molecular weight is 717 g/mol. The van der Waals surface area contributed by atoms with E-state index in [0.717, 1.165) is 83.1 Å². The van der Waals surface area contributed by atoms with Crippen molar-refractivity contribution < 1.29 is 8.83 Å². The molecular formula is C52H32N2O2. The van der Waals surface area contributed by atoms with Gasteiger partial charge in [-0.05, 0) is 94.0 Å². The summed E-state index contributed by atoms with van der Waals surface area (Å²) >= 11 is 0. The minimum atomic E-state index is 0.661. The number of fused-ring (bicyclic) bond motifs is 6. The van der Waals surface area contributed by atoms with E-state index in [4.69, 9.17) is 18.8 Å². The van der Waals surface area contributed by atoms with Crippen LogP contribution in [0.2, 0.25) is 0 Å². The zero-order valence-electron chi connectivity index (χ0n) is 30.2. The highest BCUT2D eigenvalue weighted by atomic mass is 16.3. The molecule has 4 heteroatoms. The van der Waals surface area contributed by atoms with Crippen molar-refractivity contribution in [2.45, 2.75) is 0 Å². The van der Waals surface area contributed by atoms with Gasteiger partial charge in [0.05, 0.1) is 11.4 Å². The second kappa shape index (κ2) is 13.1. The van der Waals surface area contributed by atoms with Gasteiger partial charge in [-0.2, -0.15) is 0 Å². The number of rotatable bonds is 6. The van der Waals surface area contributed by atoms with Crippen LogP contribution >= 0.6 is 0 Å². The van der Waals surface area contributed by atoms with Gasteiger partial charge in [0, 0.05) is 44.3 Å². The maximum Gasteiger partial charge on any atom is 0.160 e. The Labute approximate surface area is 323 Å². The van der Waals surface area contributed by atoms with Gasteiger partial charge in [-0.1, -0.05) is 127 Å². The van der Waals surface area contributed by atoms with E-state index in [0.29, 0.717) is 5.82 Å². The van der Waals surface area contributed by atoms with Crippen molar-refractivity contribution in [1.82, 2.24) is 9.97 Å². The Morgan fingerprint density at radius 1 is 0.250 bits per heavy atom. The summed E-state index contributed by atoms with van der Waals surface area (Å²) in [5, 5.41) is 4.12. The second-order valence-electron chi connectivity index (χ2n) is 14.2. The lowest BCUT2D eigenvalue weighted by Gasteiger charge is -2.11. The van der Waals surface area contributed by atoms with Crippen LogP contribution in [-0.2, 0) is 0 Å². The van der Waals surface area contributed by atoms with E-state index in [1.54, 1.807) is 0 Å². The first-order valence-corrected chi connectivity index (χ1v) is 18.8. The Kier molecular flexibility index (Phi) is 7.46. The van der Waals surface area contributed by atoms with Gasteiger partial charge >= 0.3 is 0 Å². The van der Waals surface area contributed by atoms with Gasteiger partial charge in [-0.3, -0.25) is 0 Å². The van der Waals surface area contributed by atoms with E-state index < -0.39 is 0 Å². The van der Waals surface area contributed by atoms with Crippen LogP contribution in [0.3, 0.4) is 0 Å². The molecule has 8 aromatic carbocycles. The lowest BCUT2D eigenvalue weighted by atomic mass is 9.93. The topological polar surface area (TPSA) is 52.1 Å². The molecule has 11 rings (SSSR count). The fourth-order valence-electron chi connectivity index (χ4n) is 7.84. The number of aromatic nitrogens is 2. The molecule has 0 saturated carbocycles. The predicted molar refractivity (Wildman–Crippen MR) is 229 cm³/mol.